The molecule has 2 rings (SSSR count). The second kappa shape index (κ2) is 5.87. The predicted molar refractivity (Wildman–Crippen MR) is 78.5 cm³/mol. The third-order valence-corrected chi connectivity index (χ3v) is 3.26. The molecule has 0 fully saturated rings. The fourth-order valence-electron chi connectivity index (χ4n) is 1.71. The molecule has 0 aromatic heterocycles. The van der Waals surface area contributed by atoms with Gasteiger partial charge in [-0.3, -0.25) is 4.79 Å². The zero-order valence-electron chi connectivity index (χ0n) is 10.6. The van der Waals surface area contributed by atoms with E-state index < -0.39 is 0 Å². The normalized spacial score (nSPS) is 10.3. The predicted octanol–water partition coefficient (Wildman–Crippen LogP) is 3.36. The lowest BCUT2D eigenvalue weighted by Crippen LogP contribution is -2.12. The molecular formula is C15H15ClN2O. The summed E-state index contributed by atoms with van der Waals surface area (Å²) in [5, 5.41) is 3.45. The first-order chi connectivity index (χ1) is 9.10. The van der Waals surface area contributed by atoms with Gasteiger partial charge in [0.25, 0.3) is 5.91 Å². The minimum Gasteiger partial charge on any atom is -0.326 e. The molecule has 0 heterocycles. The monoisotopic (exact) mass is 274 g/mol. The largest absolute Gasteiger partial charge is 0.326 e. The number of carbonyl (C=O) groups is 1. The number of amides is 1. The number of nitrogens with one attached hydrogen (secondary N) is 1. The minimum absolute atomic E-state index is 0.171. The van der Waals surface area contributed by atoms with E-state index >= 15 is 0 Å². The highest BCUT2D eigenvalue weighted by atomic mass is 35.5. The summed E-state index contributed by atoms with van der Waals surface area (Å²) >= 11 is 6.02. The van der Waals surface area contributed by atoms with Crippen molar-refractivity contribution in [3.8, 4) is 0 Å². The van der Waals surface area contributed by atoms with Crippen LogP contribution >= 0.6 is 11.6 Å². The smallest absolute Gasteiger partial charge is 0.255 e. The summed E-state index contributed by atoms with van der Waals surface area (Å²) in [7, 11) is 0. The van der Waals surface area contributed by atoms with E-state index in [0.29, 0.717) is 22.8 Å². The van der Waals surface area contributed by atoms with Crippen molar-refractivity contribution in [3.63, 3.8) is 0 Å². The lowest BCUT2D eigenvalue weighted by atomic mass is 10.1. The van der Waals surface area contributed by atoms with Gasteiger partial charge in [0.1, 0.15) is 0 Å². The number of aryl methyl sites for hydroxylation is 1. The molecule has 0 unspecified atom stereocenters. The standard InChI is InChI=1S/C15H15ClN2O/c1-10-5-6-13(8-14(10)16)18-15(19)12-4-2-3-11(7-12)9-17/h2-8H,9,17H2,1H3,(H,18,19). The Morgan fingerprint density at radius 3 is 2.74 bits per heavy atom. The van der Waals surface area contributed by atoms with Crippen molar-refractivity contribution in [2.24, 2.45) is 5.73 Å². The molecule has 0 aliphatic rings. The lowest BCUT2D eigenvalue weighted by molar-refractivity contribution is 0.102. The molecular weight excluding hydrogens is 260 g/mol. The summed E-state index contributed by atoms with van der Waals surface area (Å²) in [6.07, 6.45) is 0. The van der Waals surface area contributed by atoms with Crippen molar-refractivity contribution < 1.29 is 4.79 Å². The number of anilines is 1. The van der Waals surface area contributed by atoms with E-state index in [0.717, 1.165) is 11.1 Å². The zero-order valence-corrected chi connectivity index (χ0v) is 11.4. The maximum atomic E-state index is 12.1. The molecule has 0 spiro atoms. The first-order valence-electron chi connectivity index (χ1n) is 5.96. The fourth-order valence-corrected chi connectivity index (χ4v) is 1.89. The van der Waals surface area contributed by atoms with Crippen molar-refractivity contribution in [3.05, 3.63) is 64.2 Å². The molecule has 0 bridgehead atoms. The van der Waals surface area contributed by atoms with Gasteiger partial charge in [-0.05, 0) is 42.3 Å². The summed E-state index contributed by atoms with van der Waals surface area (Å²) in [6.45, 7) is 2.33. The Morgan fingerprint density at radius 2 is 2.05 bits per heavy atom. The maximum Gasteiger partial charge on any atom is 0.255 e. The fraction of sp³-hybridized carbons (Fsp3) is 0.133. The molecule has 0 aliphatic carbocycles. The Balaban J connectivity index is 2.18. The molecule has 1 amide bonds. The average molecular weight is 275 g/mol. The van der Waals surface area contributed by atoms with E-state index in [9.17, 15) is 4.79 Å². The number of benzene rings is 2. The molecule has 3 nitrogen and oxygen atoms in total. The van der Waals surface area contributed by atoms with Gasteiger partial charge < -0.3 is 11.1 Å². The summed E-state index contributed by atoms with van der Waals surface area (Å²) in [5.41, 5.74) is 8.72. The van der Waals surface area contributed by atoms with Crippen LogP contribution < -0.4 is 11.1 Å². The van der Waals surface area contributed by atoms with Crippen LogP contribution in [0.2, 0.25) is 5.02 Å². The van der Waals surface area contributed by atoms with Crippen LogP contribution in [0.1, 0.15) is 21.5 Å². The van der Waals surface area contributed by atoms with Crippen LogP contribution in [-0.4, -0.2) is 5.91 Å². The summed E-state index contributed by atoms with van der Waals surface area (Å²) in [6, 6.07) is 12.7. The molecule has 98 valence electrons. The Kier molecular flexibility index (Phi) is 4.20. The Morgan fingerprint density at radius 1 is 1.26 bits per heavy atom. The molecule has 3 N–H and O–H groups in total. The van der Waals surface area contributed by atoms with Crippen molar-refractivity contribution in [2.75, 3.05) is 5.32 Å². The molecule has 0 saturated carbocycles. The quantitative estimate of drug-likeness (QED) is 0.902. The van der Waals surface area contributed by atoms with E-state index in [4.69, 9.17) is 17.3 Å². The average Bonchev–Trinajstić information content (AvgIpc) is 2.43. The molecule has 4 heteroatoms. The van der Waals surface area contributed by atoms with Gasteiger partial charge in [-0.15, -0.1) is 0 Å². The summed E-state index contributed by atoms with van der Waals surface area (Å²) in [5.74, 6) is -0.171. The number of carbonyl (C=O) groups excluding carboxylic acids is 1. The van der Waals surface area contributed by atoms with Crippen molar-refractivity contribution >= 4 is 23.2 Å². The Labute approximate surface area is 117 Å². The van der Waals surface area contributed by atoms with Crippen molar-refractivity contribution in [1.29, 1.82) is 0 Å². The van der Waals surface area contributed by atoms with Gasteiger partial charge in [0.15, 0.2) is 0 Å². The summed E-state index contributed by atoms with van der Waals surface area (Å²) < 4.78 is 0. The first kappa shape index (κ1) is 13.6. The van der Waals surface area contributed by atoms with Crippen LogP contribution in [0.15, 0.2) is 42.5 Å². The van der Waals surface area contributed by atoms with Gasteiger partial charge in [0.2, 0.25) is 0 Å². The van der Waals surface area contributed by atoms with Gasteiger partial charge in [-0.1, -0.05) is 29.8 Å². The number of hydrogen-bond donors (Lipinski definition) is 2. The van der Waals surface area contributed by atoms with Gasteiger partial charge in [0.05, 0.1) is 0 Å². The molecule has 19 heavy (non-hydrogen) atoms. The van der Waals surface area contributed by atoms with Gasteiger partial charge in [-0.25, -0.2) is 0 Å². The number of nitrogens with two attached hydrogens (primary N) is 1. The van der Waals surface area contributed by atoms with Gasteiger partial charge >= 0.3 is 0 Å². The van der Waals surface area contributed by atoms with Crippen LogP contribution in [0.25, 0.3) is 0 Å². The van der Waals surface area contributed by atoms with Crippen molar-refractivity contribution in [2.45, 2.75) is 13.5 Å². The molecule has 2 aromatic rings. The first-order valence-corrected chi connectivity index (χ1v) is 6.34. The van der Waals surface area contributed by atoms with Gasteiger partial charge in [0, 0.05) is 22.8 Å². The second-order valence-electron chi connectivity index (χ2n) is 4.32. The van der Waals surface area contributed by atoms with E-state index in [-0.39, 0.29) is 5.91 Å². The highest BCUT2D eigenvalue weighted by Gasteiger charge is 2.07. The van der Waals surface area contributed by atoms with Crippen LogP contribution in [0.3, 0.4) is 0 Å². The summed E-state index contributed by atoms with van der Waals surface area (Å²) in [4.78, 5) is 12.1. The lowest BCUT2D eigenvalue weighted by Gasteiger charge is -2.07. The third kappa shape index (κ3) is 3.34. The molecule has 2 aromatic carbocycles. The molecule has 0 aliphatic heterocycles. The van der Waals surface area contributed by atoms with Gasteiger partial charge in [-0.2, -0.15) is 0 Å². The van der Waals surface area contributed by atoms with E-state index in [1.54, 1.807) is 18.2 Å². The van der Waals surface area contributed by atoms with Crippen LogP contribution in [0.5, 0.6) is 0 Å². The molecule has 0 saturated heterocycles. The van der Waals surface area contributed by atoms with E-state index in [1.807, 2.05) is 31.2 Å². The van der Waals surface area contributed by atoms with Crippen LogP contribution in [0, 0.1) is 6.92 Å². The van der Waals surface area contributed by atoms with Crippen molar-refractivity contribution in [1.82, 2.24) is 0 Å². The van der Waals surface area contributed by atoms with Crippen LogP contribution in [-0.2, 0) is 6.54 Å². The minimum atomic E-state index is -0.171. The molecule has 0 radical (unpaired) electrons. The highest BCUT2D eigenvalue weighted by Crippen LogP contribution is 2.20. The number of rotatable bonds is 3. The highest BCUT2D eigenvalue weighted by molar-refractivity contribution is 6.31. The maximum absolute atomic E-state index is 12.1. The van der Waals surface area contributed by atoms with Crippen LogP contribution in [0.4, 0.5) is 5.69 Å². The Hall–Kier alpha value is -1.84. The van der Waals surface area contributed by atoms with E-state index in [2.05, 4.69) is 5.32 Å². The second-order valence-corrected chi connectivity index (χ2v) is 4.73. The van der Waals surface area contributed by atoms with E-state index in [1.165, 1.54) is 0 Å². The SMILES string of the molecule is Cc1ccc(NC(=O)c2cccc(CN)c2)cc1Cl. The molecule has 0 atom stereocenters. The Bertz CT molecular complexity index is 611. The number of halogens is 1. The number of hydrogen-bond acceptors (Lipinski definition) is 2. The third-order valence-electron chi connectivity index (χ3n) is 2.85. The zero-order chi connectivity index (χ0) is 13.8. The topological polar surface area (TPSA) is 55.1 Å².